The van der Waals surface area contributed by atoms with Crippen molar-refractivity contribution in [3.05, 3.63) is 64.3 Å². The van der Waals surface area contributed by atoms with Gasteiger partial charge < -0.3 is 14.8 Å². The predicted molar refractivity (Wildman–Crippen MR) is 103 cm³/mol. The lowest BCUT2D eigenvalue weighted by Gasteiger charge is -2.34. The van der Waals surface area contributed by atoms with Crippen LogP contribution in [0.3, 0.4) is 0 Å². The molecule has 0 saturated carbocycles. The molecule has 3 aromatic rings. The molecule has 0 radical (unpaired) electrons. The number of likely N-dealkylation sites (N-methyl/N-ethyl adjacent to an activating group) is 2. The Morgan fingerprint density at radius 2 is 1.88 bits per heavy atom. The van der Waals surface area contributed by atoms with E-state index < -0.39 is 0 Å². The van der Waals surface area contributed by atoms with Crippen LogP contribution in [0.4, 0.5) is 5.69 Å². The minimum absolute atomic E-state index is 0.0106. The fourth-order valence-corrected chi connectivity index (χ4v) is 5.49. The number of halogens is 1. The number of hydrogen-bond donors (Lipinski definition) is 1. The highest BCUT2D eigenvalue weighted by Crippen LogP contribution is 2.56. The first kappa shape index (κ1) is 15.0. The van der Waals surface area contributed by atoms with Crippen LogP contribution in [0.1, 0.15) is 17.5 Å². The molecule has 0 bridgehead atoms. The Morgan fingerprint density at radius 3 is 2.72 bits per heavy atom. The van der Waals surface area contributed by atoms with Crippen LogP contribution in [0.25, 0.3) is 10.9 Å². The summed E-state index contributed by atoms with van der Waals surface area (Å²) in [7, 11) is 4.01. The summed E-state index contributed by atoms with van der Waals surface area (Å²) in [5, 5.41) is 1.17. The fraction of sp³-hybridized carbons (Fsp3) is 0.250. The second-order valence-corrected chi connectivity index (χ2v) is 7.87. The first-order valence-electron chi connectivity index (χ1n) is 8.40. The zero-order valence-electron chi connectivity index (χ0n) is 14.1. The van der Waals surface area contributed by atoms with Gasteiger partial charge in [-0.1, -0.05) is 40.2 Å². The quantitative estimate of drug-likeness (QED) is 0.679. The van der Waals surface area contributed by atoms with Gasteiger partial charge in [0.1, 0.15) is 6.17 Å². The van der Waals surface area contributed by atoms with Gasteiger partial charge in [0.15, 0.2) is 0 Å². The van der Waals surface area contributed by atoms with E-state index in [9.17, 15) is 4.79 Å². The molecule has 0 unspecified atom stereocenters. The second kappa shape index (κ2) is 4.88. The van der Waals surface area contributed by atoms with Crippen molar-refractivity contribution >= 4 is 38.4 Å². The third-order valence-electron chi connectivity index (χ3n) is 5.90. The van der Waals surface area contributed by atoms with Gasteiger partial charge in [0.05, 0.1) is 5.41 Å². The lowest BCUT2D eigenvalue weighted by atomic mass is 9.73. The van der Waals surface area contributed by atoms with E-state index in [4.69, 9.17) is 0 Å². The number of aromatic amines is 1. The Balaban J connectivity index is 1.89. The molecule has 1 saturated heterocycles. The lowest BCUT2D eigenvalue weighted by molar-refractivity contribution is -0.127. The van der Waals surface area contributed by atoms with Crippen LogP contribution in [0.2, 0.25) is 0 Å². The molecule has 1 N–H and O–H groups in total. The molecule has 25 heavy (non-hydrogen) atoms. The van der Waals surface area contributed by atoms with E-state index in [1.165, 1.54) is 22.2 Å². The average Bonchev–Trinajstić information content (AvgIpc) is 3.22. The van der Waals surface area contributed by atoms with Crippen molar-refractivity contribution in [1.82, 2.24) is 9.88 Å². The molecule has 0 aliphatic carbocycles. The van der Waals surface area contributed by atoms with E-state index >= 15 is 0 Å². The number of nitrogens with one attached hydrogen (secondary N) is 1. The molecule has 5 heteroatoms. The van der Waals surface area contributed by atoms with E-state index in [0.717, 1.165) is 9.99 Å². The Morgan fingerprint density at radius 1 is 1.08 bits per heavy atom. The summed E-state index contributed by atoms with van der Waals surface area (Å²) in [5.41, 5.74) is 4.35. The lowest BCUT2D eigenvalue weighted by Crippen LogP contribution is -2.47. The largest absolute Gasteiger partial charge is 0.361 e. The topological polar surface area (TPSA) is 39.3 Å². The van der Waals surface area contributed by atoms with Crippen LogP contribution in [-0.4, -0.2) is 36.1 Å². The summed E-state index contributed by atoms with van der Waals surface area (Å²) in [4.78, 5) is 20.3. The molecular weight excluding hydrogens is 378 g/mol. The van der Waals surface area contributed by atoms with Crippen LogP contribution in [-0.2, 0) is 10.2 Å². The monoisotopic (exact) mass is 395 g/mol. The number of anilines is 1. The SMILES string of the molecule is CN1C(=O)C[C@@]2(c3c[nH]c4cccc(Br)c34)c3ccccc3N(C)[C@@H]12. The van der Waals surface area contributed by atoms with Crippen LogP contribution in [0, 0.1) is 0 Å². The van der Waals surface area contributed by atoms with E-state index in [2.05, 4.69) is 75.5 Å². The second-order valence-electron chi connectivity index (χ2n) is 7.02. The summed E-state index contributed by atoms with van der Waals surface area (Å²) >= 11 is 3.72. The molecule has 5 rings (SSSR count). The molecular formula is C20H18BrN3O. The molecule has 1 aromatic heterocycles. The average molecular weight is 396 g/mol. The number of fused-ring (bicyclic) bond motifs is 4. The van der Waals surface area contributed by atoms with Gasteiger partial charge in [0, 0.05) is 47.8 Å². The Kier molecular flexibility index (Phi) is 2.93. The maximum atomic E-state index is 12.7. The minimum atomic E-state index is -0.362. The number of rotatable bonds is 1. The van der Waals surface area contributed by atoms with Crippen LogP contribution in [0.5, 0.6) is 0 Å². The number of nitrogens with zero attached hydrogens (tertiary/aromatic N) is 2. The number of aromatic nitrogens is 1. The fourth-order valence-electron chi connectivity index (χ4n) is 4.91. The molecule has 1 fully saturated rings. The summed E-state index contributed by atoms with van der Waals surface area (Å²) in [5.74, 6) is 0.188. The number of hydrogen-bond acceptors (Lipinski definition) is 2. The number of carbonyl (C=O) groups is 1. The summed E-state index contributed by atoms with van der Waals surface area (Å²) in [6.45, 7) is 0. The van der Waals surface area contributed by atoms with Gasteiger partial charge >= 0.3 is 0 Å². The highest BCUT2D eigenvalue weighted by molar-refractivity contribution is 9.10. The number of carbonyl (C=O) groups excluding carboxylic acids is 1. The normalized spacial score (nSPS) is 24.9. The third-order valence-corrected chi connectivity index (χ3v) is 6.56. The Hall–Kier alpha value is -2.27. The number of H-pyrrole nitrogens is 1. The van der Waals surface area contributed by atoms with Crippen molar-refractivity contribution in [3.63, 3.8) is 0 Å². The van der Waals surface area contributed by atoms with Gasteiger partial charge in [0.2, 0.25) is 5.91 Å². The van der Waals surface area contributed by atoms with Gasteiger partial charge in [-0.25, -0.2) is 0 Å². The standard InChI is InChI=1S/C20H18BrN3O/c1-23-16-9-4-3-6-12(16)20(10-17(25)24(2)19(20)23)13-11-22-15-8-5-7-14(21)18(13)15/h3-9,11,19,22H,10H2,1-2H3/t19-,20-/m0/s1. The van der Waals surface area contributed by atoms with E-state index in [1.807, 2.05) is 18.0 Å². The van der Waals surface area contributed by atoms with Crippen molar-refractivity contribution in [2.75, 3.05) is 19.0 Å². The molecule has 2 aliphatic heterocycles. The van der Waals surface area contributed by atoms with Crippen molar-refractivity contribution in [2.24, 2.45) is 0 Å². The number of benzene rings is 2. The van der Waals surface area contributed by atoms with Gasteiger partial charge in [-0.15, -0.1) is 0 Å². The van der Waals surface area contributed by atoms with Gasteiger partial charge in [-0.2, -0.15) is 0 Å². The first-order valence-corrected chi connectivity index (χ1v) is 9.19. The van der Waals surface area contributed by atoms with Crippen LogP contribution < -0.4 is 4.90 Å². The number of para-hydroxylation sites is 1. The van der Waals surface area contributed by atoms with Crippen molar-refractivity contribution in [3.8, 4) is 0 Å². The van der Waals surface area contributed by atoms with Crippen molar-refractivity contribution in [2.45, 2.75) is 18.0 Å². The Bertz CT molecular complexity index is 1030. The molecule has 0 spiro atoms. The zero-order valence-corrected chi connectivity index (χ0v) is 15.7. The molecule has 126 valence electrons. The van der Waals surface area contributed by atoms with E-state index in [0.29, 0.717) is 6.42 Å². The molecule has 2 aromatic carbocycles. The molecule has 1 amide bonds. The number of likely N-dealkylation sites (tertiary alicyclic amines) is 1. The highest BCUT2D eigenvalue weighted by Gasteiger charge is 2.60. The summed E-state index contributed by atoms with van der Waals surface area (Å²) in [6, 6.07) is 14.6. The Labute approximate surface area is 154 Å². The van der Waals surface area contributed by atoms with E-state index in [1.54, 1.807) is 0 Å². The van der Waals surface area contributed by atoms with Crippen LogP contribution >= 0.6 is 15.9 Å². The van der Waals surface area contributed by atoms with Crippen molar-refractivity contribution in [1.29, 1.82) is 0 Å². The molecule has 2 aliphatic rings. The predicted octanol–water partition coefficient (Wildman–Crippen LogP) is 3.85. The van der Waals surface area contributed by atoms with Gasteiger partial charge in [-0.05, 0) is 29.3 Å². The molecule has 4 nitrogen and oxygen atoms in total. The molecule has 2 atom stereocenters. The minimum Gasteiger partial charge on any atom is -0.361 e. The highest BCUT2D eigenvalue weighted by atomic mass is 79.9. The maximum Gasteiger partial charge on any atom is 0.225 e. The molecule has 3 heterocycles. The van der Waals surface area contributed by atoms with Gasteiger partial charge in [0.25, 0.3) is 0 Å². The van der Waals surface area contributed by atoms with Crippen LogP contribution in [0.15, 0.2) is 53.1 Å². The zero-order chi connectivity index (χ0) is 17.3. The first-order chi connectivity index (χ1) is 12.1. The maximum absolute atomic E-state index is 12.7. The smallest absolute Gasteiger partial charge is 0.225 e. The third kappa shape index (κ3) is 1.69. The number of amides is 1. The summed E-state index contributed by atoms with van der Waals surface area (Å²) in [6.07, 6.45) is 2.57. The summed E-state index contributed by atoms with van der Waals surface area (Å²) < 4.78 is 1.06. The van der Waals surface area contributed by atoms with Crippen molar-refractivity contribution < 1.29 is 4.79 Å². The van der Waals surface area contributed by atoms with Gasteiger partial charge in [-0.3, -0.25) is 4.79 Å². The van der Waals surface area contributed by atoms with E-state index in [-0.39, 0.29) is 17.5 Å².